The summed E-state index contributed by atoms with van der Waals surface area (Å²) in [5, 5.41) is 10.7. The van der Waals surface area contributed by atoms with Gasteiger partial charge in [-0.15, -0.1) is 0 Å². The summed E-state index contributed by atoms with van der Waals surface area (Å²) in [6.07, 6.45) is 0. The van der Waals surface area contributed by atoms with Gasteiger partial charge in [-0.2, -0.15) is 5.26 Å². The highest BCUT2D eigenvalue weighted by molar-refractivity contribution is 6.31. The number of methoxy groups -OCH3 is 3. The minimum absolute atomic E-state index is 0.0132. The Kier molecular flexibility index (Phi) is 9.49. The molecule has 2 aliphatic rings. The highest BCUT2D eigenvalue weighted by Crippen LogP contribution is 2.43. The number of rotatable bonds is 7. The van der Waals surface area contributed by atoms with Crippen LogP contribution in [0.4, 0.5) is 11.4 Å². The Morgan fingerprint density at radius 2 is 1.50 bits per heavy atom. The van der Waals surface area contributed by atoms with Crippen molar-refractivity contribution in [3.63, 3.8) is 0 Å². The number of esters is 2. The van der Waals surface area contributed by atoms with E-state index >= 15 is 0 Å². The van der Waals surface area contributed by atoms with Gasteiger partial charge >= 0.3 is 11.9 Å². The van der Waals surface area contributed by atoms with E-state index in [1.807, 2.05) is 12.1 Å². The molecule has 5 rings (SSSR count). The summed E-state index contributed by atoms with van der Waals surface area (Å²) >= 11 is 6.14. The normalized spacial score (nSPS) is 16.6. The first-order chi connectivity index (χ1) is 22.2. The summed E-state index contributed by atoms with van der Waals surface area (Å²) in [5.41, 5.74) is 8.79. The molecule has 2 heterocycles. The summed E-state index contributed by atoms with van der Waals surface area (Å²) in [6, 6.07) is 23.1. The van der Waals surface area contributed by atoms with Crippen molar-refractivity contribution in [2.24, 2.45) is 5.73 Å². The van der Waals surface area contributed by atoms with Crippen LogP contribution in [0.1, 0.15) is 21.8 Å². The van der Waals surface area contributed by atoms with Crippen molar-refractivity contribution in [1.82, 2.24) is 4.90 Å². The third-order valence-electron chi connectivity index (χ3n) is 8.04. The zero-order valence-electron chi connectivity index (χ0n) is 25.5. The monoisotopic (exact) mass is 641 g/mol. The maximum absolute atomic E-state index is 13.3. The van der Waals surface area contributed by atoms with Crippen molar-refractivity contribution in [2.45, 2.75) is 5.92 Å². The van der Waals surface area contributed by atoms with Gasteiger partial charge in [-0.25, -0.2) is 9.59 Å². The van der Waals surface area contributed by atoms with Gasteiger partial charge in [-0.1, -0.05) is 41.9 Å². The first-order valence-corrected chi connectivity index (χ1v) is 14.7. The lowest BCUT2D eigenvalue weighted by Gasteiger charge is -2.37. The maximum atomic E-state index is 13.3. The fourth-order valence-electron chi connectivity index (χ4n) is 5.78. The number of nitrogens with two attached hydrogens (primary N) is 1. The van der Waals surface area contributed by atoms with Crippen LogP contribution in [0.15, 0.2) is 95.5 Å². The first kappa shape index (κ1) is 31.9. The quantitative estimate of drug-likeness (QED) is 0.373. The second-order valence-corrected chi connectivity index (χ2v) is 10.9. The number of nitriles is 1. The molecule has 12 heteroatoms. The molecule has 11 nitrogen and oxygen atoms in total. The Labute approximate surface area is 271 Å². The van der Waals surface area contributed by atoms with Crippen LogP contribution in [0.2, 0.25) is 5.02 Å². The minimum Gasteiger partial charge on any atom is -0.496 e. The van der Waals surface area contributed by atoms with E-state index in [-0.39, 0.29) is 28.6 Å². The van der Waals surface area contributed by atoms with Crippen LogP contribution in [0.3, 0.4) is 0 Å². The Bertz CT molecular complexity index is 1760. The molecule has 0 bridgehead atoms. The third kappa shape index (κ3) is 5.95. The Morgan fingerprint density at radius 1 is 0.870 bits per heavy atom. The van der Waals surface area contributed by atoms with Gasteiger partial charge in [-0.3, -0.25) is 9.69 Å². The van der Waals surface area contributed by atoms with E-state index < -0.39 is 17.9 Å². The molecular weight excluding hydrogens is 610 g/mol. The lowest BCUT2D eigenvalue weighted by molar-refractivity contribution is -0.139. The second-order valence-electron chi connectivity index (χ2n) is 10.5. The lowest BCUT2D eigenvalue weighted by atomic mass is 9.81. The second kappa shape index (κ2) is 13.7. The van der Waals surface area contributed by atoms with Gasteiger partial charge in [0.2, 0.25) is 0 Å². The molecule has 2 N–H and O–H groups in total. The average molecular weight is 642 g/mol. The largest absolute Gasteiger partial charge is 0.496 e. The first-order valence-electron chi connectivity index (χ1n) is 14.4. The van der Waals surface area contributed by atoms with Gasteiger partial charge < -0.3 is 29.7 Å². The van der Waals surface area contributed by atoms with Crippen LogP contribution in [0.25, 0.3) is 0 Å². The summed E-state index contributed by atoms with van der Waals surface area (Å²) in [7, 11) is 3.92. The molecule has 0 radical (unpaired) electrons. The van der Waals surface area contributed by atoms with E-state index in [0.717, 1.165) is 5.69 Å². The van der Waals surface area contributed by atoms with Crippen LogP contribution in [0.5, 0.6) is 5.75 Å². The zero-order chi connectivity index (χ0) is 33.0. The summed E-state index contributed by atoms with van der Waals surface area (Å²) in [4.78, 5) is 45.1. The maximum Gasteiger partial charge on any atom is 0.355 e. The van der Waals surface area contributed by atoms with Gasteiger partial charge in [0.15, 0.2) is 0 Å². The molecule has 3 aromatic carbocycles. The molecule has 1 saturated heterocycles. The topological polar surface area (TPSA) is 138 Å². The fourth-order valence-corrected chi connectivity index (χ4v) is 5.95. The van der Waals surface area contributed by atoms with Crippen molar-refractivity contribution in [3.05, 3.63) is 112 Å². The SMILES string of the molecule is COC(=O)C1=C(C(=O)OC)N(c2ccc(N3CCN(C(=O)c4cc(Cl)ccc4OC)CC3)cc2)C(N)=C(C#N)C1c1ccccc1. The number of halogens is 1. The number of piperazine rings is 1. The number of allylic oxidation sites excluding steroid dienone is 1. The number of amides is 1. The Balaban J connectivity index is 1.44. The van der Waals surface area contributed by atoms with Crippen molar-refractivity contribution < 1.29 is 28.6 Å². The molecule has 3 aromatic rings. The van der Waals surface area contributed by atoms with E-state index in [1.165, 1.54) is 26.2 Å². The summed E-state index contributed by atoms with van der Waals surface area (Å²) in [5.74, 6) is -2.27. The fraction of sp³-hybridized carbons (Fsp3) is 0.235. The number of carbonyl (C=O) groups is 3. The zero-order valence-corrected chi connectivity index (χ0v) is 26.3. The molecule has 1 amide bonds. The number of hydrogen-bond acceptors (Lipinski definition) is 10. The summed E-state index contributed by atoms with van der Waals surface area (Å²) < 4.78 is 15.6. The number of ether oxygens (including phenoxy) is 3. The minimum atomic E-state index is -0.950. The Hall–Kier alpha value is -5.47. The van der Waals surface area contributed by atoms with Crippen LogP contribution in [-0.4, -0.2) is 70.3 Å². The molecule has 236 valence electrons. The summed E-state index contributed by atoms with van der Waals surface area (Å²) in [6.45, 7) is 2.08. The van der Waals surface area contributed by atoms with E-state index in [1.54, 1.807) is 65.6 Å². The third-order valence-corrected chi connectivity index (χ3v) is 8.28. The van der Waals surface area contributed by atoms with Gasteiger partial charge in [-0.05, 0) is 48.0 Å². The van der Waals surface area contributed by atoms with Gasteiger partial charge in [0.05, 0.1) is 50.0 Å². The number of anilines is 2. The van der Waals surface area contributed by atoms with Gasteiger partial charge in [0.1, 0.15) is 17.3 Å². The molecule has 1 unspecified atom stereocenters. The highest BCUT2D eigenvalue weighted by Gasteiger charge is 2.43. The van der Waals surface area contributed by atoms with E-state index in [2.05, 4.69) is 11.0 Å². The lowest BCUT2D eigenvalue weighted by Crippen LogP contribution is -2.48. The molecule has 0 saturated carbocycles. The van der Waals surface area contributed by atoms with Crippen LogP contribution in [-0.2, 0) is 19.1 Å². The van der Waals surface area contributed by atoms with Gasteiger partial charge in [0, 0.05) is 42.6 Å². The van der Waals surface area contributed by atoms with Crippen molar-refractivity contribution >= 4 is 40.8 Å². The molecule has 2 aliphatic heterocycles. The smallest absolute Gasteiger partial charge is 0.355 e. The predicted molar refractivity (Wildman–Crippen MR) is 172 cm³/mol. The molecule has 0 aliphatic carbocycles. The van der Waals surface area contributed by atoms with Crippen LogP contribution >= 0.6 is 11.6 Å². The number of carbonyl (C=O) groups excluding carboxylic acids is 3. The predicted octanol–water partition coefficient (Wildman–Crippen LogP) is 4.21. The van der Waals surface area contributed by atoms with Crippen molar-refractivity contribution in [1.29, 1.82) is 5.26 Å². The van der Waals surface area contributed by atoms with Crippen molar-refractivity contribution in [2.75, 3.05) is 57.3 Å². The number of hydrogen-bond donors (Lipinski definition) is 1. The molecule has 1 fully saturated rings. The molecular formula is C34H32ClN5O6. The number of nitrogens with zero attached hydrogens (tertiary/aromatic N) is 4. The average Bonchev–Trinajstić information content (AvgIpc) is 3.10. The van der Waals surface area contributed by atoms with E-state index in [4.69, 9.17) is 31.5 Å². The molecule has 0 aromatic heterocycles. The standard InChI is InChI=1S/C34H32ClN5O6/c1-44-27-14-9-22(35)19-25(27)32(41)39-17-15-38(16-18-39)23-10-12-24(13-11-23)40-30(34(43)46-3)29(33(42)45-2)28(26(20-36)31(40)37)21-7-5-4-6-8-21/h4-14,19,28H,15-18,37H2,1-3H3. The van der Waals surface area contributed by atoms with Crippen LogP contribution in [0, 0.1) is 11.3 Å². The van der Waals surface area contributed by atoms with E-state index in [0.29, 0.717) is 53.8 Å². The molecule has 46 heavy (non-hydrogen) atoms. The number of benzene rings is 3. The van der Waals surface area contributed by atoms with Gasteiger partial charge in [0.25, 0.3) is 5.91 Å². The highest BCUT2D eigenvalue weighted by atomic mass is 35.5. The van der Waals surface area contributed by atoms with Crippen LogP contribution < -0.4 is 20.3 Å². The molecule has 1 atom stereocenters. The van der Waals surface area contributed by atoms with Crippen molar-refractivity contribution in [3.8, 4) is 11.8 Å². The molecule has 0 spiro atoms. The Morgan fingerprint density at radius 3 is 2.09 bits per heavy atom. The van der Waals surface area contributed by atoms with E-state index in [9.17, 15) is 19.6 Å².